The van der Waals surface area contributed by atoms with Crippen LogP contribution in [0.15, 0.2) is 22.6 Å². The molecule has 2 N–H and O–H groups in total. The quantitative estimate of drug-likeness (QED) is 0.836. The molecular weight excluding hydrogens is 243 g/mol. The molecule has 0 aliphatic heterocycles. The molecule has 2 aromatic rings. The average molecular weight is 255 g/mol. The zero-order valence-electron chi connectivity index (χ0n) is 9.93. The lowest BCUT2D eigenvalue weighted by atomic mass is 10.0. The fourth-order valence-electron chi connectivity index (χ4n) is 1.69. The van der Waals surface area contributed by atoms with E-state index in [1.54, 1.807) is 13.0 Å². The van der Waals surface area contributed by atoms with Gasteiger partial charge in [-0.1, -0.05) is 6.07 Å². The number of hydrogen-bond acceptors (Lipinski definition) is 2. The van der Waals surface area contributed by atoms with Gasteiger partial charge in [-0.25, -0.2) is 13.2 Å². The Kier molecular flexibility index (Phi) is 3.17. The van der Waals surface area contributed by atoms with Crippen LogP contribution in [0.3, 0.4) is 0 Å². The Hall–Kier alpha value is -1.75. The van der Waals surface area contributed by atoms with E-state index in [1.807, 2.05) is 6.92 Å². The molecular formula is C13H12F3NO. The molecule has 0 aliphatic carbocycles. The maximum absolute atomic E-state index is 13.6. The summed E-state index contributed by atoms with van der Waals surface area (Å²) in [5.41, 5.74) is 6.52. The van der Waals surface area contributed by atoms with Gasteiger partial charge in [-0.2, -0.15) is 0 Å². The minimum Gasteiger partial charge on any atom is -0.464 e. The highest BCUT2D eigenvalue weighted by molar-refractivity contribution is 5.31. The zero-order chi connectivity index (χ0) is 13.4. The maximum Gasteiger partial charge on any atom is 0.194 e. The minimum absolute atomic E-state index is 0.136. The van der Waals surface area contributed by atoms with Crippen molar-refractivity contribution in [2.24, 2.45) is 5.73 Å². The van der Waals surface area contributed by atoms with Crippen molar-refractivity contribution >= 4 is 0 Å². The highest BCUT2D eigenvalue weighted by Gasteiger charge is 2.22. The lowest BCUT2D eigenvalue weighted by Gasteiger charge is -2.11. The molecule has 0 saturated heterocycles. The van der Waals surface area contributed by atoms with Crippen LogP contribution in [0.5, 0.6) is 0 Å². The van der Waals surface area contributed by atoms with Crippen LogP contribution in [-0.4, -0.2) is 0 Å². The van der Waals surface area contributed by atoms with E-state index >= 15 is 0 Å². The second-order valence-electron chi connectivity index (χ2n) is 4.13. The van der Waals surface area contributed by atoms with Crippen molar-refractivity contribution in [3.8, 4) is 0 Å². The number of benzene rings is 1. The predicted molar refractivity (Wildman–Crippen MR) is 60.5 cm³/mol. The monoisotopic (exact) mass is 255 g/mol. The van der Waals surface area contributed by atoms with Gasteiger partial charge in [0.25, 0.3) is 0 Å². The van der Waals surface area contributed by atoms with E-state index in [-0.39, 0.29) is 5.56 Å². The Bertz CT molecular complexity index is 573. The van der Waals surface area contributed by atoms with E-state index in [1.165, 1.54) is 0 Å². The van der Waals surface area contributed by atoms with Gasteiger partial charge in [-0.3, -0.25) is 0 Å². The predicted octanol–water partition coefficient (Wildman–Crippen LogP) is 3.36. The van der Waals surface area contributed by atoms with Gasteiger partial charge in [0.1, 0.15) is 11.5 Å². The molecule has 0 saturated carbocycles. The van der Waals surface area contributed by atoms with Gasteiger partial charge in [0, 0.05) is 5.56 Å². The van der Waals surface area contributed by atoms with Gasteiger partial charge in [0.05, 0.1) is 6.04 Å². The summed E-state index contributed by atoms with van der Waals surface area (Å²) in [5, 5.41) is 0. The van der Waals surface area contributed by atoms with Crippen LogP contribution in [-0.2, 0) is 0 Å². The topological polar surface area (TPSA) is 39.2 Å². The Morgan fingerprint density at radius 2 is 1.78 bits per heavy atom. The average Bonchev–Trinajstić information content (AvgIpc) is 2.66. The molecule has 96 valence electrons. The fourth-order valence-corrected chi connectivity index (χ4v) is 1.69. The third-order valence-corrected chi connectivity index (χ3v) is 2.89. The molecule has 1 aromatic heterocycles. The Morgan fingerprint density at radius 3 is 2.33 bits per heavy atom. The number of nitrogens with two attached hydrogens (primary N) is 1. The highest BCUT2D eigenvalue weighted by Crippen LogP contribution is 2.27. The summed E-state index contributed by atoms with van der Waals surface area (Å²) in [6, 6.07) is 2.65. The summed E-state index contributed by atoms with van der Waals surface area (Å²) in [5.74, 6) is -3.08. The Labute approximate surface area is 102 Å². The van der Waals surface area contributed by atoms with E-state index in [0.717, 1.165) is 17.7 Å². The fraction of sp³-hybridized carbons (Fsp3) is 0.231. The van der Waals surface area contributed by atoms with E-state index in [2.05, 4.69) is 0 Å². The molecule has 0 fully saturated rings. The first-order valence-corrected chi connectivity index (χ1v) is 5.37. The van der Waals surface area contributed by atoms with Crippen molar-refractivity contribution in [3.63, 3.8) is 0 Å². The molecule has 5 heteroatoms. The standard InChI is InChI=1S/C13H12F3NO/c1-6-5-10(18-7(6)2)13(17)8-3-4-9(14)12(16)11(8)15/h3-5,13H,17H2,1-2H3. The smallest absolute Gasteiger partial charge is 0.194 e. The van der Waals surface area contributed by atoms with Crippen LogP contribution in [0.2, 0.25) is 0 Å². The van der Waals surface area contributed by atoms with Crippen molar-refractivity contribution in [2.75, 3.05) is 0 Å². The van der Waals surface area contributed by atoms with Crippen LogP contribution in [0.1, 0.15) is 28.7 Å². The van der Waals surface area contributed by atoms with Crippen molar-refractivity contribution < 1.29 is 17.6 Å². The van der Waals surface area contributed by atoms with Crippen LogP contribution < -0.4 is 5.73 Å². The van der Waals surface area contributed by atoms with Crippen molar-refractivity contribution in [3.05, 3.63) is 58.3 Å². The minimum atomic E-state index is -1.53. The Balaban J connectivity index is 2.46. The summed E-state index contributed by atoms with van der Waals surface area (Å²) in [4.78, 5) is 0. The highest BCUT2D eigenvalue weighted by atomic mass is 19.2. The molecule has 0 bridgehead atoms. The first kappa shape index (κ1) is 12.7. The van der Waals surface area contributed by atoms with Gasteiger partial charge in [0.15, 0.2) is 17.5 Å². The molecule has 0 spiro atoms. The normalized spacial score (nSPS) is 12.8. The molecule has 2 nitrogen and oxygen atoms in total. The van der Waals surface area contributed by atoms with Crippen LogP contribution in [0, 0.1) is 31.3 Å². The van der Waals surface area contributed by atoms with Crippen molar-refractivity contribution in [1.29, 1.82) is 0 Å². The molecule has 1 atom stereocenters. The summed E-state index contributed by atoms with van der Waals surface area (Å²) in [7, 11) is 0. The number of furan rings is 1. The molecule has 1 heterocycles. The SMILES string of the molecule is Cc1cc(C(N)c2ccc(F)c(F)c2F)oc1C. The third-order valence-electron chi connectivity index (χ3n) is 2.89. The summed E-state index contributed by atoms with van der Waals surface area (Å²) in [6.45, 7) is 3.56. The first-order chi connectivity index (χ1) is 8.41. The lowest BCUT2D eigenvalue weighted by molar-refractivity contribution is 0.425. The van der Waals surface area contributed by atoms with E-state index < -0.39 is 23.5 Å². The van der Waals surface area contributed by atoms with Crippen molar-refractivity contribution in [1.82, 2.24) is 0 Å². The number of rotatable bonds is 2. The van der Waals surface area contributed by atoms with Crippen LogP contribution in [0.4, 0.5) is 13.2 Å². The van der Waals surface area contributed by atoms with Gasteiger partial charge in [-0.05, 0) is 31.5 Å². The summed E-state index contributed by atoms with van der Waals surface area (Å²) < 4.78 is 44.8. The second-order valence-corrected chi connectivity index (χ2v) is 4.13. The lowest BCUT2D eigenvalue weighted by Crippen LogP contribution is -2.14. The van der Waals surface area contributed by atoms with Gasteiger partial charge < -0.3 is 10.2 Å². The molecule has 18 heavy (non-hydrogen) atoms. The van der Waals surface area contributed by atoms with Gasteiger partial charge >= 0.3 is 0 Å². The first-order valence-electron chi connectivity index (χ1n) is 5.37. The van der Waals surface area contributed by atoms with Crippen molar-refractivity contribution in [2.45, 2.75) is 19.9 Å². The summed E-state index contributed by atoms with van der Waals surface area (Å²) in [6.07, 6.45) is 0. The molecule has 0 amide bonds. The van der Waals surface area contributed by atoms with E-state index in [9.17, 15) is 13.2 Å². The second kappa shape index (κ2) is 4.49. The molecule has 1 aromatic carbocycles. The third kappa shape index (κ3) is 2.01. The molecule has 0 aliphatic rings. The largest absolute Gasteiger partial charge is 0.464 e. The number of hydrogen-bond donors (Lipinski definition) is 1. The van der Waals surface area contributed by atoms with Gasteiger partial charge in [0.2, 0.25) is 0 Å². The number of halogens is 3. The van der Waals surface area contributed by atoms with Gasteiger partial charge in [-0.15, -0.1) is 0 Å². The maximum atomic E-state index is 13.6. The molecule has 2 rings (SSSR count). The zero-order valence-corrected chi connectivity index (χ0v) is 9.93. The number of aryl methyl sites for hydroxylation is 2. The van der Waals surface area contributed by atoms with E-state index in [4.69, 9.17) is 10.2 Å². The summed E-state index contributed by atoms with van der Waals surface area (Å²) >= 11 is 0. The molecule has 1 unspecified atom stereocenters. The Morgan fingerprint density at radius 1 is 1.11 bits per heavy atom. The van der Waals surface area contributed by atoms with Crippen LogP contribution >= 0.6 is 0 Å². The van der Waals surface area contributed by atoms with Crippen LogP contribution in [0.25, 0.3) is 0 Å². The molecule has 0 radical (unpaired) electrons. The van der Waals surface area contributed by atoms with E-state index in [0.29, 0.717) is 11.5 Å².